The highest BCUT2D eigenvalue weighted by atomic mass is 16.5. The zero-order valence-electron chi connectivity index (χ0n) is 13.4. The van der Waals surface area contributed by atoms with Gasteiger partial charge in [-0.1, -0.05) is 32.0 Å². The van der Waals surface area contributed by atoms with Gasteiger partial charge in [0.05, 0.1) is 6.10 Å². The first kappa shape index (κ1) is 15.5. The Morgan fingerprint density at radius 1 is 1.36 bits per heavy atom. The number of ether oxygens (including phenoxy) is 1. The van der Waals surface area contributed by atoms with Crippen LogP contribution in [0.25, 0.3) is 0 Å². The smallest absolute Gasteiger partial charge is 0.225 e. The maximum Gasteiger partial charge on any atom is 0.225 e. The average Bonchev–Trinajstić information content (AvgIpc) is 3.06. The highest BCUT2D eigenvalue weighted by molar-refractivity contribution is 5.78. The van der Waals surface area contributed by atoms with Crippen molar-refractivity contribution in [2.45, 2.75) is 51.9 Å². The zero-order chi connectivity index (χ0) is 15.7. The van der Waals surface area contributed by atoms with Crippen LogP contribution in [0.2, 0.25) is 0 Å². The van der Waals surface area contributed by atoms with Gasteiger partial charge in [-0.15, -0.1) is 0 Å². The van der Waals surface area contributed by atoms with Crippen molar-refractivity contribution >= 4 is 5.91 Å². The number of nitrogens with zero attached hydrogens (tertiary/aromatic N) is 1. The second-order valence-corrected chi connectivity index (χ2v) is 6.69. The van der Waals surface area contributed by atoms with E-state index in [-0.39, 0.29) is 17.9 Å². The second-order valence-electron chi connectivity index (χ2n) is 6.69. The van der Waals surface area contributed by atoms with Gasteiger partial charge in [-0.2, -0.15) is 0 Å². The van der Waals surface area contributed by atoms with Crippen LogP contribution in [0, 0.1) is 5.92 Å². The van der Waals surface area contributed by atoms with E-state index in [1.54, 1.807) is 0 Å². The summed E-state index contributed by atoms with van der Waals surface area (Å²) in [5.41, 5.74) is 3.36. The normalized spacial score (nSPS) is 22.7. The highest BCUT2D eigenvalue weighted by Gasteiger charge is 2.27. The van der Waals surface area contributed by atoms with Gasteiger partial charge in [0.15, 0.2) is 0 Å². The zero-order valence-corrected chi connectivity index (χ0v) is 13.4. The lowest BCUT2D eigenvalue weighted by molar-refractivity contribution is -0.135. The van der Waals surface area contributed by atoms with Crippen LogP contribution in [-0.4, -0.2) is 35.2 Å². The summed E-state index contributed by atoms with van der Waals surface area (Å²) in [4.78, 5) is 14.1. The lowest BCUT2D eigenvalue weighted by Gasteiger charge is -2.31. The summed E-state index contributed by atoms with van der Waals surface area (Å²) < 4.78 is 5.59. The standard InChI is InChI=1S/C18H25NO3/c1-12(2)18(21)19-8-7-13-5-6-14(10-15(13)11-19)17(20)16-4-3-9-22-16/h5-6,10,12,16-17,20H,3-4,7-9,11H2,1-2H3. The summed E-state index contributed by atoms with van der Waals surface area (Å²) in [5.74, 6) is 0.234. The largest absolute Gasteiger partial charge is 0.386 e. The van der Waals surface area contributed by atoms with Gasteiger partial charge >= 0.3 is 0 Å². The molecular weight excluding hydrogens is 278 g/mol. The number of amides is 1. The SMILES string of the molecule is CC(C)C(=O)N1CCc2ccc(C(O)C3CCCO3)cc2C1. The Kier molecular flexibility index (Phi) is 4.50. The minimum atomic E-state index is -0.566. The Hall–Kier alpha value is -1.39. The monoisotopic (exact) mass is 303 g/mol. The fraction of sp³-hybridized carbons (Fsp3) is 0.611. The van der Waals surface area contributed by atoms with E-state index in [2.05, 4.69) is 12.1 Å². The minimum absolute atomic E-state index is 0.0298. The summed E-state index contributed by atoms with van der Waals surface area (Å²) in [6.45, 7) is 6.06. The third kappa shape index (κ3) is 3.03. The van der Waals surface area contributed by atoms with Crippen molar-refractivity contribution in [2.24, 2.45) is 5.92 Å². The van der Waals surface area contributed by atoms with E-state index in [1.807, 2.05) is 24.8 Å². The molecule has 2 heterocycles. The molecule has 22 heavy (non-hydrogen) atoms. The molecule has 0 radical (unpaired) electrons. The molecule has 0 saturated carbocycles. The predicted molar refractivity (Wildman–Crippen MR) is 84.3 cm³/mol. The number of hydrogen-bond donors (Lipinski definition) is 1. The van der Waals surface area contributed by atoms with Gasteiger partial charge < -0.3 is 14.7 Å². The van der Waals surface area contributed by atoms with Crippen LogP contribution in [0.1, 0.15) is 49.5 Å². The molecule has 120 valence electrons. The van der Waals surface area contributed by atoms with Crippen molar-refractivity contribution < 1.29 is 14.6 Å². The summed E-state index contributed by atoms with van der Waals surface area (Å²) in [6, 6.07) is 6.16. The summed E-state index contributed by atoms with van der Waals surface area (Å²) in [5, 5.41) is 10.5. The van der Waals surface area contributed by atoms with E-state index >= 15 is 0 Å². The number of aliphatic hydroxyl groups excluding tert-OH is 1. The number of carbonyl (C=O) groups is 1. The summed E-state index contributed by atoms with van der Waals surface area (Å²) in [6.07, 6.45) is 2.17. The Balaban J connectivity index is 1.78. The third-order valence-corrected chi connectivity index (χ3v) is 4.71. The Bertz CT molecular complexity index is 549. The van der Waals surface area contributed by atoms with Gasteiger partial charge in [-0.25, -0.2) is 0 Å². The molecule has 2 aliphatic rings. The molecule has 1 amide bonds. The number of hydrogen-bond acceptors (Lipinski definition) is 3. The number of benzene rings is 1. The number of fused-ring (bicyclic) bond motifs is 1. The minimum Gasteiger partial charge on any atom is -0.386 e. The van der Waals surface area contributed by atoms with Crippen molar-refractivity contribution in [2.75, 3.05) is 13.2 Å². The molecule has 2 aliphatic heterocycles. The van der Waals surface area contributed by atoms with Gasteiger partial charge in [0.2, 0.25) is 5.91 Å². The second kappa shape index (κ2) is 6.39. The van der Waals surface area contributed by atoms with E-state index < -0.39 is 6.10 Å². The average molecular weight is 303 g/mol. The van der Waals surface area contributed by atoms with Gasteiger partial charge in [-0.3, -0.25) is 4.79 Å². The van der Waals surface area contributed by atoms with Crippen molar-refractivity contribution in [1.82, 2.24) is 4.90 Å². The maximum absolute atomic E-state index is 12.2. The summed E-state index contributed by atoms with van der Waals surface area (Å²) >= 11 is 0. The fourth-order valence-electron chi connectivity index (χ4n) is 3.38. The van der Waals surface area contributed by atoms with Crippen LogP contribution in [0.5, 0.6) is 0 Å². The third-order valence-electron chi connectivity index (χ3n) is 4.71. The molecule has 1 N–H and O–H groups in total. The van der Waals surface area contributed by atoms with Crippen LogP contribution >= 0.6 is 0 Å². The van der Waals surface area contributed by atoms with Crippen LogP contribution in [0.4, 0.5) is 0 Å². The molecule has 4 heteroatoms. The maximum atomic E-state index is 12.2. The van der Waals surface area contributed by atoms with Crippen LogP contribution < -0.4 is 0 Å². The molecular formula is C18H25NO3. The molecule has 1 aromatic rings. The molecule has 0 aromatic heterocycles. The Morgan fingerprint density at radius 3 is 2.86 bits per heavy atom. The molecule has 1 fully saturated rings. The molecule has 3 rings (SSSR count). The van der Waals surface area contributed by atoms with Crippen molar-refractivity contribution in [3.8, 4) is 0 Å². The molecule has 0 spiro atoms. The molecule has 0 aliphatic carbocycles. The van der Waals surface area contributed by atoms with Crippen molar-refractivity contribution in [3.05, 3.63) is 34.9 Å². The van der Waals surface area contributed by atoms with E-state index in [1.165, 1.54) is 5.56 Å². The van der Waals surface area contributed by atoms with Crippen LogP contribution in [0.3, 0.4) is 0 Å². The molecule has 1 aromatic carbocycles. The van der Waals surface area contributed by atoms with Gasteiger partial charge in [0.1, 0.15) is 6.10 Å². The van der Waals surface area contributed by atoms with Gasteiger partial charge in [0, 0.05) is 25.6 Å². The topological polar surface area (TPSA) is 49.8 Å². The lowest BCUT2D eigenvalue weighted by atomic mass is 9.93. The quantitative estimate of drug-likeness (QED) is 0.933. The highest BCUT2D eigenvalue weighted by Crippen LogP contribution is 2.30. The first-order chi connectivity index (χ1) is 10.6. The van der Waals surface area contributed by atoms with Crippen molar-refractivity contribution in [3.63, 3.8) is 0 Å². The first-order valence-electron chi connectivity index (χ1n) is 8.26. The Labute approximate surface area is 132 Å². The number of aliphatic hydroxyl groups is 1. The molecule has 4 nitrogen and oxygen atoms in total. The molecule has 2 unspecified atom stereocenters. The first-order valence-corrected chi connectivity index (χ1v) is 8.26. The number of carbonyl (C=O) groups excluding carboxylic acids is 1. The fourth-order valence-corrected chi connectivity index (χ4v) is 3.38. The molecule has 1 saturated heterocycles. The summed E-state index contributed by atoms with van der Waals surface area (Å²) in [7, 11) is 0. The Morgan fingerprint density at radius 2 is 2.18 bits per heavy atom. The van der Waals surface area contributed by atoms with Crippen LogP contribution in [0.15, 0.2) is 18.2 Å². The van der Waals surface area contributed by atoms with E-state index in [0.717, 1.165) is 43.5 Å². The lowest BCUT2D eigenvalue weighted by Crippen LogP contribution is -2.38. The van der Waals surface area contributed by atoms with E-state index in [9.17, 15) is 9.90 Å². The molecule has 0 bridgehead atoms. The van der Waals surface area contributed by atoms with E-state index in [4.69, 9.17) is 4.74 Å². The van der Waals surface area contributed by atoms with Crippen molar-refractivity contribution in [1.29, 1.82) is 0 Å². The molecule has 2 atom stereocenters. The van der Waals surface area contributed by atoms with Gasteiger partial charge in [-0.05, 0) is 36.0 Å². The number of rotatable bonds is 3. The predicted octanol–water partition coefficient (Wildman–Crippen LogP) is 2.44. The van der Waals surface area contributed by atoms with E-state index in [0.29, 0.717) is 6.54 Å². The van der Waals surface area contributed by atoms with Gasteiger partial charge in [0.25, 0.3) is 0 Å². The van der Waals surface area contributed by atoms with Crippen LogP contribution in [-0.2, 0) is 22.5 Å².